The topological polar surface area (TPSA) is 17.1 Å². The number of rotatable bonds is 2. The molecule has 0 radical (unpaired) electrons. The largest absolute Gasteiger partial charge is 0.299 e. The van der Waals surface area contributed by atoms with Crippen LogP contribution in [0.5, 0.6) is 0 Å². The van der Waals surface area contributed by atoms with Crippen LogP contribution in [0.1, 0.15) is 25.3 Å². The monoisotopic (exact) mass is 200 g/mol. The molecule has 1 saturated carbocycles. The van der Waals surface area contributed by atoms with Crippen LogP contribution in [0.2, 0.25) is 0 Å². The van der Waals surface area contributed by atoms with E-state index < -0.39 is 0 Å². The zero-order valence-electron chi connectivity index (χ0n) is 9.02. The number of hydrogen-bond donors (Lipinski definition) is 0. The fourth-order valence-electron chi connectivity index (χ4n) is 2.09. The van der Waals surface area contributed by atoms with Crippen molar-refractivity contribution < 1.29 is 4.79 Å². The third-order valence-corrected chi connectivity index (χ3v) is 3.21. The number of hydrogen-bond acceptors (Lipinski definition) is 1. The summed E-state index contributed by atoms with van der Waals surface area (Å²) in [6.45, 7) is 2.04. The van der Waals surface area contributed by atoms with Gasteiger partial charge in [0.25, 0.3) is 0 Å². The van der Waals surface area contributed by atoms with Gasteiger partial charge in [-0.25, -0.2) is 0 Å². The summed E-state index contributed by atoms with van der Waals surface area (Å²) in [7, 11) is 0. The molecule has 0 saturated heterocycles. The number of benzene rings is 1. The van der Waals surface area contributed by atoms with Gasteiger partial charge in [0.2, 0.25) is 0 Å². The molecule has 1 aromatic carbocycles. The molecule has 0 spiro atoms. The molecular formula is C14H16O. The average molecular weight is 200 g/mol. The Morgan fingerprint density at radius 1 is 1.27 bits per heavy atom. The minimum absolute atomic E-state index is 0.213. The third-order valence-electron chi connectivity index (χ3n) is 3.21. The lowest BCUT2D eigenvalue weighted by molar-refractivity contribution is -0.120. The molecule has 1 aromatic rings. The second-order valence-electron chi connectivity index (χ2n) is 4.23. The molecule has 1 heteroatoms. The number of ketones is 1. The highest BCUT2D eigenvalue weighted by atomic mass is 16.1. The summed E-state index contributed by atoms with van der Waals surface area (Å²) in [6.07, 6.45) is 6.08. The Morgan fingerprint density at radius 3 is 2.60 bits per heavy atom. The van der Waals surface area contributed by atoms with E-state index in [1.807, 2.05) is 25.1 Å². The maximum atomic E-state index is 11.4. The van der Waals surface area contributed by atoms with Crippen molar-refractivity contribution in [3.05, 3.63) is 42.0 Å². The van der Waals surface area contributed by atoms with Crippen LogP contribution in [0, 0.1) is 11.8 Å². The summed E-state index contributed by atoms with van der Waals surface area (Å²) in [5.74, 6) is 1.07. The van der Waals surface area contributed by atoms with Crippen LogP contribution in [-0.2, 0) is 4.79 Å². The minimum atomic E-state index is 0.213. The third kappa shape index (κ3) is 2.35. The van der Waals surface area contributed by atoms with Crippen LogP contribution in [0.25, 0.3) is 6.08 Å². The van der Waals surface area contributed by atoms with Crippen molar-refractivity contribution in [3.63, 3.8) is 0 Å². The summed E-state index contributed by atoms with van der Waals surface area (Å²) < 4.78 is 0. The van der Waals surface area contributed by atoms with E-state index in [-0.39, 0.29) is 5.92 Å². The molecule has 0 amide bonds. The summed E-state index contributed by atoms with van der Waals surface area (Å²) >= 11 is 0. The maximum Gasteiger partial charge on any atom is 0.136 e. The molecule has 1 nitrogen and oxygen atoms in total. The standard InChI is InChI=1S/C14H16O/c1-11-13(9-10-14(11)15)8-7-12-5-3-2-4-6-12/h2-8,11,13H,9-10H2,1H3/b8-7+. The van der Waals surface area contributed by atoms with Crippen LogP contribution in [0.15, 0.2) is 36.4 Å². The first-order valence-electron chi connectivity index (χ1n) is 5.53. The van der Waals surface area contributed by atoms with E-state index in [0.29, 0.717) is 11.7 Å². The van der Waals surface area contributed by atoms with E-state index >= 15 is 0 Å². The highest BCUT2D eigenvalue weighted by molar-refractivity contribution is 5.83. The van der Waals surface area contributed by atoms with E-state index in [4.69, 9.17) is 0 Å². The van der Waals surface area contributed by atoms with Gasteiger partial charge < -0.3 is 0 Å². The quantitative estimate of drug-likeness (QED) is 0.715. The Bertz CT molecular complexity index is 364. The molecule has 0 heterocycles. The summed E-state index contributed by atoms with van der Waals surface area (Å²) in [6, 6.07) is 10.2. The Kier molecular flexibility index (Phi) is 3.00. The van der Waals surface area contributed by atoms with Crippen LogP contribution >= 0.6 is 0 Å². The first kappa shape index (κ1) is 10.2. The first-order chi connectivity index (χ1) is 7.27. The van der Waals surface area contributed by atoms with E-state index in [0.717, 1.165) is 12.8 Å². The normalized spacial score (nSPS) is 26.3. The van der Waals surface area contributed by atoms with Gasteiger partial charge in [-0.05, 0) is 17.9 Å². The van der Waals surface area contributed by atoms with Crippen molar-refractivity contribution in [2.45, 2.75) is 19.8 Å². The highest BCUT2D eigenvalue weighted by Gasteiger charge is 2.28. The van der Waals surface area contributed by atoms with Gasteiger partial charge in [-0.15, -0.1) is 0 Å². The van der Waals surface area contributed by atoms with Crippen LogP contribution in [-0.4, -0.2) is 5.78 Å². The lowest BCUT2D eigenvalue weighted by Gasteiger charge is -2.07. The Morgan fingerprint density at radius 2 is 2.00 bits per heavy atom. The smallest absolute Gasteiger partial charge is 0.136 e. The molecule has 15 heavy (non-hydrogen) atoms. The molecule has 2 unspecified atom stereocenters. The van der Waals surface area contributed by atoms with Gasteiger partial charge in [0, 0.05) is 12.3 Å². The summed E-state index contributed by atoms with van der Waals surface area (Å²) in [4.78, 5) is 11.4. The highest BCUT2D eigenvalue weighted by Crippen LogP contribution is 2.29. The predicted molar refractivity (Wildman–Crippen MR) is 62.4 cm³/mol. The number of allylic oxidation sites excluding steroid dienone is 1. The molecule has 78 valence electrons. The van der Waals surface area contributed by atoms with Crippen molar-refractivity contribution in [2.75, 3.05) is 0 Å². The molecule has 0 N–H and O–H groups in total. The van der Waals surface area contributed by atoms with Crippen LogP contribution in [0.4, 0.5) is 0 Å². The van der Waals surface area contributed by atoms with E-state index in [1.165, 1.54) is 5.56 Å². The maximum absolute atomic E-state index is 11.4. The second kappa shape index (κ2) is 4.43. The molecule has 0 aliphatic heterocycles. The Hall–Kier alpha value is -1.37. The number of carbonyl (C=O) groups is 1. The molecule has 1 aliphatic rings. The molecule has 1 fully saturated rings. The van der Waals surface area contributed by atoms with E-state index in [1.54, 1.807) is 0 Å². The Labute approximate surface area is 90.8 Å². The van der Waals surface area contributed by atoms with Crippen LogP contribution in [0.3, 0.4) is 0 Å². The van der Waals surface area contributed by atoms with Crippen molar-refractivity contribution in [1.82, 2.24) is 0 Å². The lowest BCUT2D eigenvalue weighted by atomic mass is 9.96. The zero-order chi connectivity index (χ0) is 10.7. The fourth-order valence-corrected chi connectivity index (χ4v) is 2.09. The predicted octanol–water partition coefficient (Wildman–Crippen LogP) is 3.32. The molecule has 0 aromatic heterocycles. The number of carbonyl (C=O) groups excluding carboxylic acids is 1. The van der Waals surface area contributed by atoms with Crippen molar-refractivity contribution in [1.29, 1.82) is 0 Å². The van der Waals surface area contributed by atoms with Gasteiger partial charge in [0.05, 0.1) is 0 Å². The van der Waals surface area contributed by atoms with Crippen molar-refractivity contribution >= 4 is 11.9 Å². The summed E-state index contributed by atoms with van der Waals surface area (Å²) in [5.41, 5.74) is 1.21. The lowest BCUT2D eigenvalue weighted by Crippen LogP contribution is -2.07. The average Bonchev–Trinajstić information content (AvgIpc) is 2.59. The molecule has 2 atom stereocenters. The molecule has 2 rings (SSSR count). The first-order valence-corrected chi connectivity index (χ1v) is 5.53. The van der Waals surface area contributed by atoms with Crippen LogP contribution < -0.4 is 0 Å². The van der Waals surface area contributed by atoms with Gasteiger partial charge >= 0.3 is 0 Å². The van der Waals surface area contributed by atoms with Gasteiger partial charge in [0.15, 0.2) is 0 Å². The van der Waals surface area contributed by atoms with Crippen molar-refractivity contribution in [3.8, 4) is 0 Å². The summed E-state index contributed by atoms with van der Waals surface area (Å²) in [5, 5.41) is 0. The zero-order valence-corrected chi connectivity index (χ0v) is 9.02. The second-order valence-corrected chi connectivity index (χ2v) is 4.23. The molecular weight excluding hydrogens is 184 g/mol. The van der Waals surface area contributed by atoms with Gasteiger partial charge in [-0.2, -0.15) is 0 Å². The molecule has 1 aliphatic carbocycles. The van der Waals surface area contributed by atoms with E-state index in [2.05, 4.69) is 24.3 Å². The van der Waals surface area contributed by atoms with Gasteiger partial charge in [0.1, 0.15) is 5.78 Å². The minimum Gasteiger partial charge on any atom is -0.299 e. The fraction of sp³-hybridized carbons (Fsp3) is 0.357. The number of Topliss-reactive ketones (excluding diaryl/α,β-unsaturated/α-hetero) is 1. The van der Waals surface area contributed by atoms with E-state index in [9.17, 15) is 4.79 Å². The van der Waals surface area contributed by atoms with Crippen molar-refractivity contribution in [2.24, 2.45) is 11.8 Å². The molecule has 0 bridgehead atoms. The van der Waals surface area contributed by atoms with Gasteiger partial charge in [-0.3, -0.25) is 4.79 Å². The van der Waals surface area contributed by atoms with Gasteiger partial charge in [-0.1, -0.05) is 49.4 Å². The Balaban J connectivity index is 2.04. The SMILES string of the molecule is CC1C(=O)CCC1/C=C/c1ccccc1.